The van der Waals surface area contributed by atoms with Gasteiger partial charge >= 0.3 is 11.9 Å². The molecular weight excluding hydrogens is 444 g/mol. The first-order chi connectivity index (χ1) is 16.3. The topological polar surface area (TPSA) is 72.9 Å². The van der Waals surface area contributed by atoms with Crippen molar-refractivity contribution in [2.45, 2.75) is 30.3 Å². The zero-order valence-corrected chi connectivity index (χ0v) is 18.9. The van der Waals surface area contributed by atoms with Crippen LogP contribution in [0.3, 0.4) is 0 Å². The summed E-state index contributed by atoms with van der Waals surface area (Å²) in [5.74, 6) is -5.20. The van der Waals surface area contributed by atoms with Crippen LogP contribution in [-0.2, 0) is 23.9 Å². The summed E-state index contributed by atoms with van der Waals surface area (Å²) in [6, 6.07) is 11.1. The molecule has 2 aromatic carbocycles. The number of benzene rings is 2. The Morgan fingerprint density at radius 1 is 0.971 bits per heavy atom. The summed E-state index contributed by atoms with van der Waals surface area (Å²) in [6.45, 7) is 0.496. The van der Waals surface area contributed by atoms with Gasteiger partial charge in [0.15, 0.2) is 0 Å². The number of fused-ring (bicyclic) bond motifs is 1. The largest absolute Gasteiger partial charge is 0.467 e. The Labute approximate surface area is 196 Å². The number of hydrogen-bond donors (Lipinski definition) is 0. The van der Waals surface area contributed by atoms with Crippen LogP contribution in [0.4, 0.5) is 8.78 Å². The molecule has 0 unspecified atom stereocenters. The fraction of sp³-hybridized carbons (Fsp3) is 0.346. The molecular formula is C26H25F2NO5. The lowest BCUT2D eigenvalue weighted by Gasteiger charge is -2.36. The van der Waals surface area contributed by atoms with Gasteiger partial charge in [0.2, 0.25) is 5.78 Å². The van der Waals surface area contributed by atoms with E-state index in [1.54, 1.807) is 36.4 Å². The number of ketones is 1. The van der Waals surface area contributed by atoms with Crippen LogP contribution in [0, 0.1) is 17.6 Å². The second-order valence-corrected chi connectivity index (χ2v) is 8.52. The molecule has 178 valence electrons. The summed E-state index contributed by atoms with van der Waals surface area (Å²) in [5.41, 5.74) is -0.356. The molecule has 2 aliphatic heterocycles. The van der Waals surface area contributed by atoms with Crippen molar-refractivity contribution in [2.75, 3.05) is 20.8 Å². The average molecular weight is 469 g/mol. The molecule has 2 aliphatic rings. The molecule has 0 N–H and O–H groups in total. The van der Waals surface area contributed by atoms with Crippen LogP contribution >= 0.6 is 0 Å². The van der Waals surface area contributed by atoms with Crippen LogP contribution < -0.4 is 0 Å². The van der Waals surface area contributed by atoms with E-state index in [4.69, 9.17) is 9.47 Å². The number of carbonyl (C=O) groups excluding carboxylic acids is 3. The van der Waals surface area contributed by atoms with Crippen molar-refractivity contribution in [1.29, 1.82) is 0 Å². The molecule has 2 aromatic rings. The molecule has 0 bridgehead atoms. The van der Waals surface area contributed by atoms with E-state index in [-0.39, 0.29) is 6.04 Å². The van der Waals surface area contributed by atoms with Gasteiger partial charge in [0.1, 0.15) is 17.2 Å². The molecule has 0 aliphatic carbocycles. The molecule has 0 spiro atoms. The van der Waals surface area contributed by atoms with Crippen molar-refractivity contribution in [2.24, 2.45) is 5.92 Å². The predicted molar refractivity (Wildman–Crippen MR) is 120 cm³/mol. The Kier molecular flexibility index (Phi) is 6.61. The smallest absolute Gasteiger partial charge is 0.374 e. The van der Waals surface area contributed by atoms with Crippen LogP contribution in [0.15, 0.2) is 54.6 Å². The summed E-state index contributed by atoms with van der Waals surface area (Å²) >= 11 is 0. The normalized spacial score (nSPS) is 26.4. The molecule has 2 heterocycles. The number of nitrogens with zero attached hydrogens (tertiary/aromatic N) is 1. The van der Waals surface area contributed by atoms with E-state index >= 15 is 0 Å². The summed E-state index contributed by atoms with van der Waals surface area (Å²) in [6.07, 6.45) is 4.64. The summed E-state index contributed by atoms with van der Waals surface area (Å²) in [4.78, 5) is 41.3. The molecule has 2 saturated heterocycles. The molecule has 0 amide bonds. The predicted octanol–water partition coefficient (Wildman–Crippen LogP) is 3.51. The average Bonchev–Trinajstić information content (AvgIpc) is 3.43. The number of hydrogen-bond acceptors (Lipinski definition) is 6. The van der Waals surface area contributed by atoms with Crippen molar-refractivity contribution in [3.8, 4) is 0 Å². The van der Waals surface area contributed by atoms with Crippen LogP contribution in [-0.4, -0.2) is 55.0 Å². The van der Waals surface area contributed by atoms with Crippen LogP contribution in [0.2, 0.25) is 0 Å². The van der Waals surface area contributed by atoms with Gasteiger partial charge in [-0.05, 0) is 54.8 Å². The van der Waals surface area contributed by atoms with Gasteiger partial charge in [-0.15, -0.1) is 0 Å². The highest BCUT2D eigenvalue weighted by Gasteiger charge is 2.66. The number of ether oxygens (including phenoxy) is 2. The van der Waals surface area contributed by atoms with E-state index in [0.717, 1.165) is 13.5 Å². The molecule has 6 nitrogen and oxygen atoms in total. The Hall–Kier alpha value is -3.39. The van der Waals surface area contributed by atoms with E-state index in [2.05, 4.69) is 0 Å². The SMILES string of the molecule is COC(=O)C(=O)[C@@H]1[C@@H](c2ccc(F)cc2)[C@@H]2CCCN2[C@@]1(/C=C/c1ccc(F)cc1)C(=O)OC. The van der Waals surface area contributed by atoms with Gasteiger partial charge in [0.25, 0.3) is 0 Å². The minimum Gasteiger partial charge on any atom is -0.467 e. The van der Waals surface area contributed by atoms with Crippen LogP contribution in [0.25, 0.3) is 6.08 Å². The number of esters is 2. The second-order valence-electron chi connectivity index (χ2n) is 8.52. The number of methoxy groups -OCH3 is 2. The molecule has 4 rings (SSSR count). The Morgan fingerprint density at radius 3 is 2.18 bits per heavy atom. The molecule has 8 heteroatoms. The van der Waals surface area contributed by atoms with Gasteiger partial charge in [-0.25, -0.2) is 18.4 Å². The first-order valence-corrected chi connectivity index (χ1v) is 11.0. The Balaban J connectivity index is 1.92. The third-order valence-electron chi connectivity index (χ3n) is 6.86. The van der Waals surface area contributed by atoms with Gasteiger partial charge in [-0.2, -0.15) is 0 Å². The van der Waals surface area contributed by atoms with Gasteiger partial charge in [-0.3, -0.25) is 9.69 Å². The third-order valence-corrected chi connectivity index (χ3v) is 6.86. The van der Waals surface area contributed by atoms with E-state index < -0.39 is 46.7 Å². The van der Waals surface area contributed by atoms with Gasteiger partial charge in [0.05, 0.1) is 20.1 Å². The van der Waals surface area contributed by atoms with Crippen molar-refractivity contribution < 1.29 is 32.6 Å². The zero-order valence-electron chi connectivity index (χ0n) is 18.9. The van der Waals surface area contributed by atoms with Crippen molar-refractivity contribution >= 4 is 23.8 Å². The lowest BCUT2D eigenvalue weighted by Crippen LogP contribution is -2.56. The Morgan fingerprint density at radius 2 is 1.59 bits per heavy atom. The lowest BCUT2D eigenvalue weighted by atomic mass is 9.71. The first kappa shape index (κ1) is 23.8. The van der Waals surface area contributed by atoms with E-state index in [9.17, 15) is 23.2 Å². The summed E-state index contributed by atoms with van der Waals surface area (Å²) in [5, 5.41) is 0. The van der Waals surface area contributed by atoms with Gasteiger partial charge in [0, 0.05) is 12.0 Å². The standard InChI is InChI=1S/C26H25F2NO5/c1-33-24(31)23(30)22-21(17-7-11-19(28)12-8-17)20-4-3-15-29(20)26(22,25(32)34-2)14-13-16-5-9-18(27)10-6-16/h5-14,20-22H,3-4,15H2,1-2H3/b14-13+/t20-,21-,22-,26+/m0/s1. The Bertz CT molecular complexity index is 1120. The maximum atomic E-state index is 13.7. The minimum absolute atomic E-state index is 0.263. The molecule has 0 aromatic heterocycles. The van der Waals surface area contributed by atoms with E-state index in [1.165, 1.54) is 31.4 Å². The summed E-state index contributed by atoms with van der Waals surface area (Å²) < 4.78 is 37.0. The van der Waals surface area contributed by atoms with E-state index in [1.807, 2.05) is 4.90 Å². The van der Waals surface area contributed by atoms with Gasteiger partial charge < -0.3 is 9.47 Å². The highest BCUT2D eigenvalue weighted by Crippen LogP contribution is 2.54. The quantitative estimate of drug-likeness (QED) is 0.476. The lowest BCUT2D eigenvalue weighted by molar-refractivity contribution is -0.160. The maximum absolute atomic E-state index is 13.7. The third kappa shape index (κ3) is 3.92. The number of halogens is 2. The molecule has 2 fully saturated rings. The maximum Gasteiger partial charge on any atom is 0.374 e. The molecule has 34 heavy (non-hydrogen) atoms. The zero-order chi connectivity index (χ0) is 24.5. The highest BCUT2D eigenvalue weighted by molar-refractivity contribution is 6.35. The van der Waals surface area contributed by atoms with Crippen LogP contribution in [0.1, 0.15) is 29.9 Å². The van der Waals surface area contributed by atoms with Crippen molar-refractivity contribution in [3.05, 3.63) is 77.4 Å². The first-order valence-electron chi connectivity index (χ1n) is 11.0. The number of carbonyl (C=O) groups is 3. The van der Waals surface area contributed by atoms with Gasteiger partial charge in [-0.1, -0.05) is 36.4 Å². The number of rotatable bonds is 6. The van der Waals surface area contributed by atoms with E-state index in [0.29, 0.717) is 24.1 Å². The minimum atomic E-state index is -1.60. The molecule has 4 atom stereocenters. The molecule has 0 radical (unpaired) electrons. The number of Topliss-reactive ketones (excluding diaryl/α,β-unsaturated/α-hetero) is 1. The fourth-order valence-electron chi connectivity index (χ4n) is 5.46. The van der Waals surface area contributed by atoms with Crippen molar-refractivity contribution in [3.63, 3.8) is 0 Å². The molecule has 0 saturated carbocycles. The van der Waals surface area contributed by atoms with Crippen LogP contribution in [0.5, 0.6) is 0 Å². The monoisotopic (exact) mass is 469 g/mol. The fourth-order valence-corrected chi connectivity index (χ4v) is 5.46. The second kappa shape index (κ2) is 9.46. The highest BCUT2D eigenvalue weighted by atomic mass is 19.1. The van der Waals surface area contributed by atoms with Crippen molar-refractivity contribution in [1.82, 2.24) is 4.90 Å². The summed E-state index contributed by atoms with van der Waals surface area (Å²) in [7, 11) is 2.34.